The Balaban J connectivity index is 1.50. The van der Waals surface area contributed by atoms with Crippen LogP contribution in [0.4, 0.5) is 4.79 Å². The normalized spacial score (nSPS) is 18.2. The van der Waals surface area contributed by atoms with Crippen LogP contribution in [0.15, 0.2) is 71.3 Å². The molecule has 4 amide bonds. The fourth-order valence-electron chi connectivity index (χ4n) is 3.83. The monoisotopic (exact) mass is 417 g/mol. The molecule has 0 bridgehead atoms. The van der Waals surface area contributed by atoms with Gasteiger partial charge in [0, 0.05) is 5.56 Å². The van der Waals surface area contributed by atoms with E-state index in [9.17, 15) is 14.4 Å². The number of rotatable bonds is 6. The second-order valence-corrected chi connectivity index (χ2v) is 7.72. The molecule has 4 rings (SSSR count). The van der Waals surface area contributed by atoms with Crippen molar-refractivity contribution >= 4 is 17.8 Å². The minimum Gasteiger partial charge on any atom is -0.467 e. The van der Waals surface area contributed by atoms with Gasteiger partial charge in [-0.05, 0) is 54.8 Å². The van der Waals surface area contributed by atoms with Gasteiger partial charge in [0.05, 0.1) is 19.4 Å². The van der Waals surface area contributed by atoms with E-state index in [0.29, 0.717) is 16.9 Å². The van der Waals surface area contributed by atoms with E-state index in [1.54, 1.807) is 49.6 Å². The molecule has 7 heteroatoms. The van der Waals surface area contributed by atoms with Gasteiger partial charge in [-0.1, -0.05) is 36.4 Å². The molecule has 1 aliphatic rings. The highest BCUT2D eigenvalue weighted by Gasteiger charge is 2.49. The van der Waals surface area contributed by atoms with Gasteiger partial charge in [0.1, 0.15) is 11.3 Å². The summed E-state index contributed by atoms with van der Waals surface area (Å²) in [5.41, 5.74) is 1.69. The molecule has 1 fully saturated rings. The number of urea groups is 1. The van der Waals surface area contributed by atoms with Crippen LogP contribution in [-0.4, -0.2) is 22.7 Å². The van der Waals surface area contributed by atoms with Crippen molar-refractivity contribution in [2.75, 3.05) is 0 Å². The summed E-state index contributed by atoms with van der Waals surface area (Å²) in [5, 5.41) is 5.62. The quantitative estimate of drug-likeness (QED) is 0.601. The molecule has 3 aromatic rings. The number of nitrogens with zero attached hydrogens (tertiary/aromatic N) is 1. The van der Waals surface area contributed by atoms with Gasteiger partial charge in [0.2, 0.25) is 0 Å². The predicted octanol–water partition coefficient (Wildman–Crippen LogP) is 3.49. The number of aryl methyl sites for hydroxylation is 1. The lowest BCUT2D eigenvalue weighted by Crippen LogP contribution is -2.41. The van der Waals surface area contributed by atoms with Crippen LogP contribution in [0.3, 0.4) is 0 Å². The molecule has 7 nitrogen and oxygen atoms in total. The van der Waals surface area contributed by atoms with E-state index in [2.05, 4.69) is 10.6 Å². The number of benzene rings is 2. The third-order valence-electron chi connectivity index (χ3n) is 5.49. The second-order valence-electron chi connectivity index (χ2n) is 7.72. The molecular weight excluding hydrogens is 394 g/mol. The lowest BCUT2D eigenvalue weighted by Gasteiger charge is -2.24. The van der Waals surface area contributed by atoms with Crippen LogP contribution in [0.25, 0.3) is 0 Å². The van der Waals surface area contributed by atoms with Crippen LogP contribution in [-0.2, 0) is 23.4 Å². The fraction of sp³-hybridized carbons (Fsp3) is 0.208. The highest BCUT2D eigenvalue weighted by Crippen LogP contribution is 2.31. The van der Waals surface area contributed by atoms with Crippen molar-refractivity contribution in [2.24, 2.45) is 0 Å². The van der Waals surface area contributed by atoms with E-state index in [-0.39, 0.29) is 24.9 Å². The average molecular weight is 417 g/mol. The van der Waals surface area contributed by atoms with E-state index in [0.717, 1.165) is 11.1 Å². The summed E-state index contributed by atoms with van der Waals surface area (Å²) in [6.45, 7) is 3.98. The van der Waals surface area contributed by atoms with Crippen LogP contribution in [0, 0.1) is 6.92 Å². The lowest BCUT2D eigenvalue weighted by molar-refractivity contribution is -0.131. The molecule has 2 aromatic carbocycles. The minimum atomic E-state index is -1.12. The molecule has 2 N–H and O–H groups in total. The number of carbonyl (C=O) groups is 3. The van der Waals surface area contributed by atoms with Gasteiger partial charge < -0.3 is 15.1 Å². The van der Waals surface area contributed by atoms with Crippen LogP contribution >= 0.6 is 0 Å². The molecule has 31 heavy (non-hydrogen) atoms. The Morgan fingerprint density at radius 1 is 1.10 bits per heavy atom. The number of carbonyl (C=O) groups excluding carboxylic acids is 3. The molecule has 0 spiro atoms. The topological polar surface area (TPSA) is 91.7 Å². The van der Waals surface area contributed by atoms with Gasteiger partial charge in [-0.15, -0.1) is 0 Å². The summed E-state index contributed by atoms with van der Waals surface area (Å²) >= 11 is 0. The number of hydrogen-bond acceptors (Lipinski definition) is 4. The van der Waals surface area contributed by atoms with E-state index >= 15 is 0 Å². The summed E-state index contributed by atoms with van der Waals surface area (Å²) < 4.78 is 5.22. The first-order valence-electron chi connectivity index (χ1n) is 9.98. The Bertz CT molecular complexity index is 1140. The van der Waals surface area contributed by atoms with Gasteiger partial charge in [0.15, 0.2) is 0 Å². The molecule has 1 aromatic heterocycles. The largest absolute Gasteiger partial charge is 0.467 e. The van der Waals surface area contributed by atoms with Crippen molar-refractivity contribution < 1.29 is 18.8 Å². The summed E-state index contributed by atoms with van der Waals surface area (Å²) in [5.74, 6) is 0.0685. The van der Waals surface area contributed by atoms with Gasteiger partial charge in [-0.3, -0.25) is 14.5 Å². The predicted molar refractivity (Wildman–Crippen MR) is 114 cm³/mol. The second kappa shape index (κ2) is 8.10. The van der Waals surface area contributed by atoms with Crippen LogP contribution in [0.1, 0.15) is 39.7 Å². The van der Waals surface area contributed by atoms with Crippen molar-refractivity contribution in [3.63, 3.8) is 0 Å². The first kappa shape index (κ1) is 20.4. The van der Waals surface area contributed by atoms with Gasteiger partial charge >= 0.3 is 6.03 Å². The van der Waals surface area contributed by atoms with Gasteiger partial charge in [0.25, 0.3) is 11.8 Å². The molecule has 0 aliphatic carbocycles. The molecule has 1 unspecified atom stereocenters. The van der Waals surface area contributed by atoms with Crippen LogP contribution in [0.2, 0.25) is 0 Å². The van der Waals surface area contributed by atoms with Gasteiger partial charge in [-0.25, -0.2) is 4.79 Å². The zero-order valence-electron chi connectivity index (χ0n) is 17.3. The number of amides is 4. The van der Waals surface area contributed by atoms with Crippen LogP contribution in [0.5, 0.6) is 0 Å². The van der Waals surface area contributed by atoms with E-state index in [4.69, 9.17) is 4.42 Å². The Hall–Kier alpha value is -3.87. The zero-order chi connectivity index (χ0) is 22.0. The summed E-state index contributed by atoms with van der Waals surface area (Å²) in [6, 6.07) is 17.5. The van der Waals surface area contributed by atoms with Crippen molar-refractivity contribution in [1.82, 2.24) is 15.5 Å². The zero-order valence-corrected chi connectivity index (χ0v) is 17.3. The Morgan fingerprint density at radius 2 is 1.90 bits per heavy atom. The highest BCUT2D eigenvalue weighted by atomic mass is 16.3. The molecule has 1 saturated heterocycles. The standard InChI is InChI=1S/C24H23N3O4/c1-16-7-3-4-11-20(16)24(2)22(29)27(23(30)26-24)15-17-8-5-9-18(13-17)21(28)25-14-19-10-6-12-31-19/h3-13H,14-15H2,1-2H3,(H,25,28)(H,26,30). The number of nitrogens with one attached hydrogen (secondary N) is 2. The van der Waals surface area contributed by atoms with Gasteiger partial charge in [-0.2, -0.15) is 0 Å². The minimum absolute atomic E-state index is 0.0748. The third-order valence-corrected chi connectivity index (χ3v) is 5.49. The van der Waals surface area contributed by atoms with E-state index in [1.165, 1.54) is 4.90 Å². The van der Waals surface area contributed by atoms with Crippen LogP contribution < -0.4 is 10.6 Å². The number of hydrogen-bond donors (Lipinski definition) is 2. The summed E-state index contributed by atoms with van der Waals surface area (Å²) in [4.78, 5) is 39.5. The Morgan fingerprint density at radius 3 is 2.65 bits per heavy atom. The molecule has 0 saturated carbocycles. The maximum atomic E-state index is 13.2. The van der Waals surface area contributed by atoms with Crippen molar-refractivity contribution in [2.45, 2.75) is 32.5 Å². The lowest BCUT2D eigenvalue weighted by atomic mass is 9.88. The molecule has 0 radical (unpaired) electrons. The highest BCUT2D eigenvalue weighted by molar-refractivity contribution is 6.07. The smallest absolute Gasteiger partial charge is 0.325 e. The maximum Gasteiger partial charge on any atom is 0.325 e. The molecule has 1 atom stereocenters. The number of imide groups is 1. The first-order valence-corrected chi connectivity index (χ1v) is 9.98. The average Bonchev–Trinajstić information content (AvgIpc) is 3.36. The molecule has 1 aliphatic heterocycles. The molecule has 158 valence electrons. The molecule has 2 heterocycles. The SMILES string of the molecule is Cc1ccccc1C1(C)NC(=O)N(Cc2cccc(C(=O)NCc3ccco3)c2)C1=O. The fourth-order valence-corrected chi connectivity index (χ4v) is 3.83. The molecular formula is C24H23N3O4. The van der Waals surface area contributed by atoms with Crippen molar-refractivity contribution in [3.05, 3.63) is 94.9 Å². The number of furan rings is 1. The van der Waals surface area contributed by atoms with Crippen molar-refractivity contribution in [3.8, 4) is 0 Å². The maximum absolute atomic E-state index is 13.2. The first-order chi connectivity index (χ1) is 14.9. The summed E-state index contributed by atoms with van der Waals surface area (Å²) in [6.07, 6.45) is 1.55. The van der Waals surface area contributed by atoms with Crippen molar-refractivity contribution in [1.29, 1.82) is 0 Å². The van der Waals surface area contributed by atoms with E-state index in [1.807, 2.05) is 31.2 Å². The Labute approximate surface area is 180 Å². The third kappa shape index (κ3) is 3.94. The summed E-state index contributed by atoms with van der Waals surface area (Å²) in [7, 11) is 0. The Kier molecular flexibility index (Phi) is 5.33. The van der Waals surface area contributed by atoms with E-state index < -0.39 is 11.6 Å².